The maximum Gasteiger partial charge on any atom is 0.305 e. The van der Waals surface area contributed by atoms with E-state index in [4.69, 9.17) is 9.84 Å². The van der Waals surface area contributed by atoms with E-state index in [0.29, 0.717) is 6.54 Å². The minimum atomic E-state index is -0.895. The molecule has 24 heavy (non-hydrogen) atoms. The van der Waals surface area contributed by atoms with Crippen molar-refractivity contribution in [2.24, 2.45) is 5.92 Å². The molecule has 0 fully saturated rings. The maximum absolute atomic E-state index is 12.6. The number of aromatic nitrogens is 1. The van der Waals surface area contributed by atoms with E-state index in [1.165, 1.54) is 0 Å². The lowest BCUT2D eigenvalue weighted by molar-refractivity contribution is -0.138. The molecule has 0 atom stereocenters. The number of carbonyl (C=O) groups is 2. The smallest absolute Gasteiger partial charge is 0.305 e. The number of hydrogen-bond acceptors (Lipinski definition) is 3. The summed E-state index contributed by atoms with van der Waals surface area (Å²) in [4.78, 5) is 28.3. The van der Waals surface area contributed by atoms with Crippen LogP contribution >= 0.6 is 0 Å². The second kappa shape index (κ2) is 7.86. The third-order valence-corrected chi connectivity index (χ3v) is 3.85. The normalized spacial score (nSPS) is 11.0. The number of H-pyrrole nitrogens is 1. The quantitative estimate of drug-likeness (QED) is 0.778. The Labute approximate surface area is 141 Å². The molecule has 1 heterocycles. The topological polar surface area (TPSA) is 82.6 Å². The van der Waals surface area contributed by atoms with Crippen molar-refractivity contribution in [3.8, 4) is 5.75 Å². The highest BCUT2D eigenvalue weighted by Gasteiger charge is 2.18. The molecule has 0 radical (unpaired) electrons. The van der Waals surface area contributed by atoms with E-state index in [1.54, 1.807) is 12.0 Å². The molecular formula is C18H24N2O4. The van der Waals surface area contributed by atoms with Crippen LogP contribution < -0.4 is 4.74 Å². The van der Waals surface area contributed by atoms with Gasteiger partial charge in [0.25, 0.3) is 0 Å². The SMILES string of the molecule is COc1ccc2[nH]cc(CC(=O)N(CCC(=O)O)CC(C)C)c2c1. The maximum atomic E-state index is 12.6. The number of benzene rings is 1. The van der Waals surface area contributed by atoms with Gasteiger partial charge in [0.15, 0.2) is 0 Å². The number of ether oxygens (including phenoxy) is 1. The summed E-state index contributed by atoms with van der Waals surface area (Å²) in [5, 5.41) is 9.83. The molecule has 0 aliphatic carbocycles. The monoisotopic (exact) mass is 332 g/mol. The molecule has 2 N–H and O–H groups in total. The zero-order chi connectivity index (χ0) is 17.7. The first-order chi connectivity index (χ1) is 11.4. The van der Waals surface area contributed by atoms with Crippen LogP contribution in [0.25, 0.3) is 10.9 Å². The molecule has 0 unspecified atom stereocenters. The molecule has 6 nitrogen and oxygen atoms in total. The number of hydrogen-bond donors (Lipinski definition) is 2. The molecule has 1 amide bonds. The highest BCUT2D eigenvalue weighted by atomic mass is 16.5. The van der Waals surface area contributed by atoms with E-state index in [2.05, 4.69) is 4.98 Å². The predicted octanol–water partition coefficient (Wildman–Crippen LogP) is 2.68. The van der Waals surface area contributed by atoms with Crippen LogP contribution in [-0.2, 0) is 16.0 Å². The van der Waals surface area contributed by atoms with Crippen molar-refractivity contribution in [1.29, 1.82) is 0 Å². The van der Waals surface area contributed by atoms with Gasteiger partial charge in [0.05, 0.1) is 20.0 Å². The molecule has 6 heteroatoms. The van der Waals surface area contributed by atoms with Gasteiger partial charge < -0.3 is 19.7 Å². The summed E-state index contributed by atoms with van der Waals surface area (Å²) in [5.41, 5.74) is 1.83. The lowest BCUT2D eigenvalue weighted by atomic mass is 10.1. The van der Waals surface area contributed by atoms with Crippen molar-refractivity contribution in [2.75, 3.05) is 20.2 Å². The van der Waals surface area contributed by atoms with Crippen molar-refractivity contribution in [3.05, 3.63) is 30.0 Å². The lowest BCUT2D eigenvalue weighted by Gasteiger charge is -2.24. The molecule has 0 saturated carbocycles. The van der Waals surface area contributed by atoms with Crippen molar-refractivity contribution in [2.45, 2.75) is 26.7 Å². The molecule has 2 rings (SSSR count). The Kier molecular flexibility index (Phi) is 5.84. The number of nitrogens with zero attached hydrogens (tertiary/aromatic N) is 1. The average molecular weight is 332 g/mol. The average Bonchev–Trinajstić information content (AvgIpc) is 2.92. The Morgan fingerprint density at radius 3 is 2.71 bits per heavy atom. The Morgan fingerprint density at radius 2 is 2.08 bits per heavy atom. The summed E-state index contributed by atoms with van der Waals surface area (Å²) < 4.78 is 5.24. The van der Waals surface area contributed by atoms with Crippen LogP contribution in [0, 0.1) is 5.92 Å². The van der Waals surface area contributed by atoms with Crippen LogP contribution in [0.15, 0.2) is 24.4 Å². The van der Waals surface area contributed by atoms with Gasteiger partial charge in [-0.1, -0.05) is 13.8 Å². The van der Waals surface area contributed by atoms with Gasteiger partial charge in [-0.05, 0) is 29.7 Å². The zero-order valence-corrected chi connectivity index (χ0v) is 14.3. The molecule has 0 saturated heterocycles. The molecular weight excluding hydrogens is 308 g/mol. The van der Waals surface area contributed by atoms with E-state index < -0.39 is 5.97 Å². The number of nitrogens with one attached hydrogen (secondary N) is 1. The van der Waals surface area contributed by atoms with Crippen LogP contribution in [0.2, 0.25) is 0 Å². The Balaban J connectivity index is 2.17. The standard InChI is InChI=1S/C18H24N2O4/c1-12(2)11-20(7-6-18(22)23)17(21)8-13-10-19-16-5-4-14(24-3)9-15(13)16/h4-5,9-10,12,19H,6-8,11H2,1-3H3,(H,22,23). The molecule has 0 aliphatic rings. The van der Waals surface area contributed by atoms with Gasteiger partial charge in [-0.2, -0.15) is 0 Å². The van der Waals surface area contributed by atoms with Crippen LogP contribution in [0.5, 0.6) is 5.75 Å². The number of carbonyl (C=O) groups excluding carboxylic acids is 1. The van der Waals surface area contributed by atoms with Crippen molar-refractivity contribution in [1.82, 2.24) is 9.88 Å². The summed E-state index contributed by atoms with van der Waals surface area (Å²) in [6.45, 7) is 4.81. The summed E-state index contributed by atoms with van der Waals surface area (Å²) in [6.07, 6.45) is 2.02. The fourth-order valence-electron chi connectivity index (χ4n) is 2.69. The largest absolute Gasteiger partial charge is 0.497 e. The van der Waals surface area contributed by atoms with Crippen LogP contribution in [0.4, 0.5) is 0 Å². The number of fused-ring (bicyclic) bond motifs is 1. The molecule has 0 spiro atoms. The van der Waals surface area contributed by atoms with Gasteiger partial charge in [0.1, 0.15) is 5.75 Å². The second-order valence-electron chi connectivity index (χ2n) is 6.28. The molecule has 0 bridgehead atoms. The number of carboxylic acid groups (broad SMARTS) is 1. The summed E-state index contributed by atoms with van der Waals surface area (Å²) in [6, 6.07) is 5.68. The third kappa shape index (κ3) is 4.50. The Bertz CT molecular complexity index is 721. The highest BCUT2D eigenvalue weighted by molar-refractivity contribution is 5.89. The highest BCUT2D eigenvalue weighted by Crippen LogP contribution is 2.24. The number of aliphatic carboxylic acids is 1. The van der Waals surface area contributed by atoms with Gasteiger partial charge >= 0.3 is 5.97 Å². The first-order valence-electron chi connectivity index (χ1n) is 8.04. The van der Waals surface area contributed by atoms with E-state index in [9.17, 15) is 9.59 Å². The van der Waals surface area contributed by atoms with E-state index in [-0.39, 0.29) is 31.2 Å². The summed E-state index contributed by atoms with van der Waals surface area (Å²) in [7, 11) is 1.61. The minimum absolute atomic E-state index is 0.0415. The van der Waals surface area contributed by atoms with Gasteiger partial charge in [0, 0.05) is 30.2 Å². The van der Waals surface area contributed by atoms with Crippen LogP contribution in [0.3, 0.4) is 0 Å². The van der Waals surface area contributed by atoms with Gasteiger partial charge in [-0.25, -0.2) is 0 Å². The van der Waals surface area contributed by atoms with Gasteiger partial charge in [0.2, 0.25) is 5.91 Å². The third-order valence-electron chi connectivity index (χ3n) is 3.85. The number of methoxy groups -OCH3 is 1. The van der Waals surface area contributed by atoms with E-state index in [1.807, 2.05) is 38.2 Å². The molecule has 1 aromatic carbocycles. The first kappa shape index (κ1) is 17.8. The summed E-state index contributed by atoms with van der Waals surface area (Å²) in [5.74, 6) is 0.0635. The molecule has 1 aromatic heterocycles. The number of rotatable bonds is 8. The lowest BCUT2D eigenvalue weighted by Crippen LogP contribution is -2.36. The van der Waals surface area contributed by atoms with Crippen LogP contribution in [-0.4, -0.2) is 47.1 Å². The minimum Gasteiger partial charge on any atom is -0.497 e. The number of carboxylic acids is 1. The van der Waals surface area contributed by atoms with Crippen molar-refractivity contribution in [3.63, 3.8) is 0 Å². The van der Waals surface area contributed by atoms with Crippen molar-refractivity contribution < 1.29 is 19.4 Å². The fraction of sp³-hybridized carbons (Fsp3) is 0.444. The number of aromatic amines is 1. The zero-order valence-electron chi connectivity index (χ0n) is 14.3. The molecule has 2 aromatic rings. The number of amides is 1. The summed E-state index contributed by atoms with van der Waals surface area (Å²) >= 11 is 0. The first-order valence-corrected chi connectivity index (χ1v) is 8.04. The van der Waals surface area contributed by atoms with Gasteiger partial charge in [-0.15, -0.1) is 0 Å². The molecule has 130 valence electrons. The second-order valence-corrected chi connectivity index (χ2v) is 6.28. The van der Waals surface area contributed by atoms with Crippen molar-refractivity contribution >= 4 is 22.8 Å². The van der Waals surface area contributed by atoms with Gasteiger partial charge in [-0.3, -0.25) is 9.59 Å². The fourth-order valence-corrected chi connectivity index (χ4v) is 2.69. The Morgan fingerprint density at radius 1 is 1.33 bits per heavy atom. The predicted molar refractivity (Wildman–Crippen MR) is 92.2 cm³/mol. The van der Waals surface area contributed by atoms with E-state index in [0.717, 1.165) is 22.2 Å². The Hall–Kier alpha value is -2.50. The molecule has 0 aliphatic heterocycles. The van der Waals surface area contributed by atoms with Crippen LogP contribution in [0.1, 0.15) is 25.8 Å². The van der Waals surface area contributed by atoms with E-state index >= 15 is 0 Å².